The zero-order valence-corrected chi connectivity index (χ0v) is 18.1. The van der Waals surface area contributed by atoms with Crippen molar-refractivity contribution in [2.75, 3.05) is 25.2 Å². The highest BCUT2D eigenvalue weighted by molar-refractivity contribution is 8.15. The molecule has 2 aliphatic heterocycles. The van der Waals surface area contributed by atoms with Crippen LogP contribution in [0.2, 0.25) is 0 Å². The van der Waals surface area contributed by atoms with Gasteiger partial charge in [0.1, 0.15) is 11.5 Å². The molecule has 0 aromatic heterocycles. The van der Waals surface area contributed by atoms with Crippen LogP contribution in [0.25, 0.3) is 0 Å². The lowest BCUT2D eigenvalue weighted by atomic mass is 10.1. The lowest BCUT2D eigenvalue weighted by Gasteiger charge is -2.25. The normalized spacial score (nSPS) is 23.4. The Balaban J connectivity index is 1.54. The molecule has 2 aromatic rings. The van der Waals surface area contributed by atoms with Gasteiger partial charge in [0.25, 0.3) is 5.91 Å². The number of rotatable bonds is 6. The standard InChI is InChI=1S/C21H22N2O5S2/c1-27-18-10-6-5-7-15(18)11-23-17-13-30(25,26)14-19(17)29-21(23)22-20(24)12-28-16-8-3-2-4-9-16/h2-10,17,19H,11-14H2,1H3. The summed E-state index contributed by atoms with van der Waals surface area (Å²) in [5.41, 5.74) is 0.909. The number of fused-ring (bicyclic) bond motifs is 1. The summed E-state index contributed by atoms with van der Waals surface area (Å²) in [6, 6.07) is 16.4. The Bertz CT molecular complexity index is 1060. The van der Waals surface area contributed by atoms with Crippen LogP contribution in [0.5, 0.6) is 11.5 Å². The second kappa shape index (κ2) is 8.69. The first-order valence-corrected chi connectivity index (χ1v) is 12.2. The van der Waals surface area contributed by atoms with Crippen LogP contribution in [0.4, 0.5) is 0 Å². The van der Waals surface area contributed by atoms with Gasteiger partial charge in [-0.05, 0) is 18.2 Å². The fourth-order valence-electron chi connectivity index (χ4n) is 3.64. The molecule has 2 unspecified atom stereocenters. The minimum atomic E-state index is -3.10. The van der Waals surface area contributed by atoms with E-state index in [1.165, 1.54) is 11.8 Å². The van der Waals surface area contributed by atoms with Crippen LogP contribution in [0.1, 0.15) is 5.56 Å². The molecule has 0 bridgehead atoms. The van der Waals surface area contributed by atoms with E-state index in [-0.39, 0.29) is 29.4 Å². The molecule has 1 amide bonds. The average molecular weight is 447 g/mol. The van der Waals surface area contributed by atoms with Crippen molar-refractivity contribution in [1.82, 2.24) is 4.90 Å². The van der Waals surface area contributed by atoms with Crippen LogP contribution >= 0.6 is 11.8 Å². The second-order valence-electron chi connectivity index (χ2n) is 7.13. The van der Waals surface area contributed by atoms with E-state index in [0.717, 1.165) is 5.56 Å². The molecule has 2 fully saturated rings. The molecule has 0 aliphatic carbocycles. The van der Waals surface area contributed by atoms with Gasteiger partial charge in [-0.2, -0.15) is 4.99 Å². The molecule has 2 aromatic carbocycles. The number of sulfone groups is 1. The predicted octanol–water partition coefficient (Wildman–Crippen LogP) is 2.37. The lowest BCUT2D eigenvalue weighted by Crippen LogP contribution is -2.37. The van der Waals surface area contributed by atoms with Gasteiger partial charge in [0, 0.05) is 17.4 Å². The molecule has 2 atom stereocenters. The SMILES string of the molecule is COc1ccccc1CN1C(=NC(=O)COc2ccccc2)SC2CS(=O)(=O)CC21. The number of hydrogen-bond acceptors (Lipinski definition) is 6. The summed E-state index contributed by atoms with van der Waals surface area (Å²) < 4.78 is 35.3. The van der Waals surface area contributed by atoms with Gasteiger partial charge in [-0.25, -0.2) is 8.42 Å². The van der Waals surface area contributed by atoms with Crippen molar-refractivity contribution >= 4 is 32.7 Å². The number of benzene rings is 2. The number of amidine groups is 1. The van der Waals surface area contributed by atoms with E-state index in [0.29, 0.717) is 23.2 Å². The Hall–Kier alpha value is -2.52. The highest BCUT2D eigenvalue weighted by Gasteiger charge is 2.48. The number of ether oxygens (including phenoxy) is 2. The number of carbonyl (C=O) groups excluding carboxylic acids is 1. The van der Waals surface area contributed by atoms with Crippen molar-refractivity contribution in [3.8, 4) is 11.5 Å². The Kier molecular flexibility index (Phi) is 6.01. The minimum absolute atomic E-state index is 0.0630. The number of nitrogens with zero attached hydrogens (tertiary/aromatic N) is 2. The second-order valence-corrected chi connectivity index (χ2v) is 10.5. The average Bonchev–Trinajstić information content (AvgIpc) is 3.19. The van der Waals surface area contributed by atoms with Crippen molar-refractivity contribution in [3.05, 3.63) is 60.2 Å². The van der Waals surface area contributed by atoms with Gasteiger partial charge in [-0.1, -0.05) is 48.2 Å². The maximum atomic E-state index is 12.4. The number of amides is 1. The molecular formula is C21H22N2O5S2. The zero-order valence-electron chi connectivity index (χ0n) is 16.4. The molecule has 2 aliphatic rings. The Labute approximate surface area is 180 Å². The number of aliphatic imine (C=N–C) groups is 1. The molecule has 0 spiro atoms. The summed E-state index contributed by atoms with van der Waals surface area (Å²) >= 11 is 1.35. The minimum Gasteiger partial charge on any atom is -0.496 e. The maximum absolute atomic E-state index is 12.4. The van der Waals surface area contributed by atoms with E-state index in [1.807, 2.05) is 47.4 Å². The van der Waals surface area contributed by atoms with Crippen molar-refractivity contribution in [2.45, 2.75) is 17.8 Å². The smallest absolute Gasteiger partial charge is 0.285 e. The van der Waals surface area contributed by atoms with E-state index in [4.69, 9.17) is 9.47 Å². The van der Waals surface area contributed by atoms with Crippen molar-refractivity contribution < 1.29 is 22.7 Å². The molecule has 2 saturated heterocycles. The van der Waals surface area contributed by atoms with Gasteiger partial charge in [0.05, 0.1) is 24.7 Å². The monoisotopic (exact) mass is 446 g/mol. The van der Waals surface area contributed by atoms with Gasteiger partial charge in [0.2, 0.25) is 0 Å². The summed E-state index contributed by atoms with van der Waals surface area (Å²) in [5, 5.41) is 0.402. The third-order valence-corrected chi connectivity index (χ3v) is 8.28. The van der Waals surface area contributed by atoms with Crippen LogP contribution in [-0.2, 0) is 21.2 Å². The van der Waals surface area contributed by atoms with Crippen LogP contribution in [0.15, 0.2) is 59.6 Å². The summed E-state index contributed by atoms with van der Waals surface area (Å²) in [6.07, 6.45) is 0. The van der Waals surface area contributed by atoms with Gasteiger partial charge in [-0.3, -0.25) is 4.79 Å². The summed E-state index contributed by atoms with van der Waals surface area (Å²) in [7, 11) is -1.51. The fourth-order valence-corrected chi connectivity index (χ4v) is 7.61. The first-order chi connectivity index (χ1) is 14.4. The van der Waals surface area contributed by atoms with E-state index < -0.39 is 15.7 Å². The third kappa shape index (κ3) is 4.62. The fraction of sp³-hybridized carbons (Fsp3) is 0.333. The van der Waals surface area contributed by atoms with E-state index >= 15 is 0 Å². The summed E-state index contributed by atoms with van der Waals surface area (Å²) in [4.78, 5) is 18.6. The lowest BCUT2D eigenvalue weighted by molar-refractivity contribution is -0.119. The Morgan fingerprint density at radius 3 is 2.63 bits per heavy atom. The number of hydrogen-bond donors (Lipinski definition) is 0. The molecule has 9 heteroatoms. The van der Waals surface area contributed by atoms with Crippen molar-refractivity contribution in [3.63, 3.8) is 0 Å². The molecule has 4 rings (SSSR count). The van der Waals surface area contributed by atoms with Crippen LogP contribution in [0, 0.1) is 0 Å². The highest BCUT2D eigenvalue weighted by Crippen LogP contribution is 2.39. The van der Waals surface area contributed by atoms with E-state index in [2.05, 4.69) is 4.99 Å². The first kappa shape index (κ1) is 20.7. The Morgan fingerprint density at radius 2 is 1.87 bits per heavy atom. The molecule has 0 saturated carbocycles. The first-order valence-electron chi connectivity index (χ1n) is 9.50. The van der Waals surface area contributed by atoms with Crippen LogP contribution in [0.3, 0.4) is 0 Å². The van der Waals surface area contributed by atoms with E-state index in [1.54, 1.807) is 19.2 Å². The molecular weight excluding hydrogens is 424 g/mol. The van der Waals surface area contributed by atoms with Crippen molar-refractivity contribution in [1.29, 1.82) is 0 Å². The highest BCUT2D eigenvalue weighted by atomic mass is 32.2. The zero-order chi connectivity index (χ0) is 21.1. The Morgan fingerprint density at radius 1 is 1.13 bits per heavy atom. The summed E-state index contributed by atoms with van der Waals surface area (Å²) in [6.45, 7) is 0.240. The molecule has 7 nitrogen and oxygen atoms in total. The van der Waals surface area contributed by atoms with Gasteiger partial charge >= 0.3 is 0 Å². The maximum Gasteiger partial charge on any atom is 0.285 e. The number of thioether (sulfide) groups is 1. The molecule has 0 N–H and O–H groups in total. The third-order valence-electron chi connectivity index (χ3n) is 5.03. The van der Waals surface area contributed by atoms with Crippen LogP contribution < -0.4 is 9.47 Å². The molecule has 0 radical (unpaired) electrons. The van der Waals surface area contributed by atoms with Gasteiger partial charge in [-0.15, -0.1) is 0 Å². The van der Waals surface area contributed by atoms with Crippen LogP contribution in [-0.4, -0.2) is 60.9 Å². The predicted molar refractivity (Wildman–Crippen MR) is 117 cm³/mol. The van der Waals surface area contributed by atoms with E-state index in [9.17, 15) is 13.2 Å². The number of carbonyl (C=O) groups is 1. The quantitative estimate of drug-likeness (QED) is 0.673. The molecule has 30 heavy (non-hydrogen) atoms. The number of para-hydroxylation sites is 2. The van der Waals surface area contributed by atoms with Gasteiger partial charge in [0.15, 0.2) is 21.6 Å². The largest absolute Gasteiger partial charge is 0.496 e. The molecule has 2 heterocycles. The summed E-state index contributed by atoms with van der Waals surface area (Å²) in [5.74, 6) is 1.06. The number of methoxy groups -OCH3 is 1. The molecule has 158 valence electrons. The van der Waals surface area contributed by atoms with Crippen molar-refractivity contribution in [2.24, 2.45) is 4.99 Å². The topological polar surface area (TPSA) is 85.3 Å². The van der Waals surface area contributed by atoms with Gasteiger partial charge < -0.3 is 14.4 Å².